The van der Waals surface area contributed by atoms with Gasteiger partial charge in [0, 0.05) is 15.7 Å². The molecule has 0 spiro atoms. The second kappa shape index (κ2) is 7.83. The summed E-state index contributed by atoms with van der Waals surface area (Å²) < 4.78 is 0.865. The molecule has 1 amide bonds. The molecule has 0 aliphatic rings. The maximum Gasteiger partial charge on any atom is 0.308 e. The molecule has 0 saturated carbocycles. The lowest BCUT2D eigenvalue weighted by Gasteiger charge is -2.15. The number of hydrogen-bond donors (Lipinski definition) is 2. The Kier molecular flexibility index (Phi) is 6.75. The average Bonchev–Trinajstić information content (AvgIpc) is 2.36. The Morgan fingerprint density at radius 2 is 2.05 bits per heavy atom. The summed E-state index contributed by atoms with van der Waals surface area (Å²) in [4.78, 5) is 23.1. The van der Waals surface area contributed by atoms with Crippen LogP contribution in [0.5, 0.6) is 0 Å². The van der Waals surface area contributed by atoms with E-state index in [1.807, 2.05) is 13.8 Å². The molecule has 0 aliphatic carbocycles. The van der Waals surface area contributed by atoms with E-state index in [9.17, 15) is 9.59 Å². The molecule has 1 aromatic rings. The average molecular weight is 410 g/mol. The topological polar surface area (TPSA) is 66.4 Å². The van der Waals surface area contributed by atoms with Gasteiger partial charge in [-0.2, -0.15) is 0 Å². The molecule has 20 heavy (non-hydrogen) atoms. The van der Waals surface area contributed by atoms with Gasteiger partial charge in [-0.3, -0.25) is 9.59 Å². The van der Waals surface area contributed by atoms with E-state index >= 15 is 0 Å². The minimum absolute atomic E-state index is 0.121. The van der Waals surface area contributed by atoms with Crippen molar-refractivity contribution in [3.63, 3.8) is 0 Å². The number of rotatable bonds is 6. The van der Waals surface area contributed by atoms with Crippen molar-refractivity contribution >= 4 is 46.1 Å². The van der Waals surface area contributed by atoms with Crippen LogP contribution in [-0.2, 0) is 4.79 Å². The van der Waals surface area contributed by atoms with Crippen molar-refractivity contribution in [2.24, 2.45) is 11.8 Å². The molecule has 110 valence electrons. The standard InChI is InChI=1S/C14H17ClINO3/c1-8(2)5-10(14(19)20)7-17-13(18)9-3-4-12(16)11(15)6-9/h3-4,6,8,10H,5,7H2,1-2H3,(H,17,18)(H,19,20). The van der Waals surface area contributed by atoms with Crippen molar-refractivity contribution in [2.45, 2.75) is 20.3 Å². The largest absolute Gasteiger partial charge is 0.481 e. The summed E-state index contributed by atoms with van der Waals surface area (Å²) in [5.41, 5.74) is 0.434. The van der Waals surface area contributed by atoms with Crippen LogP contribution < -0.4 is 5.32 Å². The van der Waals surface area contributed by atoms with Gasteiger partial charge in [0.05, 0.1) is 10.9 Å². The van der Waals surface area contributed by atoms with Gasteiger partial charge in [0.1, 0.15) is 0 Å². The third-order valence-corrected chi connectivity index (χ3v) is 4.37. The summed E-state index contributed by atoms with van der Waals surface area (Å²) in [5.74, 6) is -1.50. The number of carboxylic acid groups (broad SMARTS) is 1. The number of nitrogens with one attached hydrogen (secondary N) is 1. The van der Waals surface area contributed by atoms with E-state index in [2.05, 4.69) is 27.9 Å². The minimum atomic E-state index is -0.889. The predicted octanol–water partition coefficient (Wildman–Crippen LogP) is 3.42. The normalized spacial score (nSPS) is 12.2. The van der Waals surface area contributed by atoms with Crippen LogP contribution in [0.4, 0.5) is 0 Å². The van der Waals surface area contributed by atoms with E-state index in [1.165, 1.54) is 0 Å². The molecule has 1 aromatic carbocycles. The number of carboxylic acids is 1. The maximum absolute atomic E-state index is 12.0. The molecular weight excluding hydrogens is 393 g/mol. The zero-order valence-electron chi connectivity index (χ0n) is 11.3. The van der Waals surface area contributed by atoms with Crippen molar-refractivity contribution < 1.29 is 14.7 Å². The summed E-state index contributed by atoms with van der Waals surface area (Å²) >= 11 is 8.04. The van der Waals surface area contributed by atoms with Crippen LogP contribution in [0.15, 0.2) is 18.2 Å². The van der Waals surface area contributed by atoms with Crippen molar-refractivity contribution in [3.8, 4) is 0 Å². The quantitative estimate of drug-likeness (QED) is 0.708. The zero-order chi connectivity index (χ0) is 15.3. The van der Waals surface area contributed by atoms with Crippen LogP contribution >= 0.6 is 34.2 Å². The fourth-order valence-electron chi connectivity index (χ4n) is 1.80. The first-order valence-electron chi connectivity index (χ1n) is 6.27. The van der Waals surface area contributed by atoms with Crippen LogP contribution in [-0.4, -0.2) is 23.5 Å². The molecule has 0 aromatic heterocycles. The molecule has 2 N–H and O–H groups in total. The summed E-state index contributed by atoms with van der Waals surface area (Å²) in [6.07, 6.45) is 0.531. The SMILES string of the molecule is CC(C)CC(CNC(=O)c1ccc(I)c(Cl)c1)C(=O)O. The second-order valence-electron chi connectivity index (χ2n) is 5.00. The molecule has 1 unspecified atom stereocenters. The Bertz CT molecular complexity index is 505. The Morgan fingerprint density at radius 1 is 1.40 bits per heavy atom. The van der Waals surface area contributed by atoms with Crippen LogP contribution in [0.2, 0.25) is 5.02 Å². The Morgan fingerprint density at radius 3 is 2.55 bits per heavy atom. The Hall–Kier alpha value is -0.820. The van der Waals surface area contributed by atoms with Gasteiger partial charge < -0.3 is 10.4 Å². The highest BCUT2D eigenvalue weighted by Crippen LogP contribution is 2.19. The number of amides is 1. The van der Waals surface area contributed by atoms with Crippen molar-refractivity contribution in [1.82, 2.24) is 5.32 Å². The van der Waals surface area contributed by atoms with Gasteiger partial charge in [-0.25, -0.2) is 0 Å². The van der Waals surface area contributed by atoms with Gasteiger partial charge in [-0.1, -0.05) is 25.4 Å². The lowest BCUT2D eigenvalue weighted by molar-refractivity contribution is -0.142. The van der Waals surface area contributed by atoms with E-state index in [0.717, 1.165) is 3.57 Å². The highest BCUT2D eigenvalue weighted by atomic mass is 127. The lowest BCUT2D eigenvalue weighted by atomic mass is 9.97. The Balaban J connectivity index is 2.65. The fraction of sp³-hybridized carbons (Fsp3) is 0.429. The molecule has 0 bridgehead atoms. The molecule has 1 rings (SSSR count). The lowest BCUT2D eigenvalue weighted by Crippen LogP contribution is -2.33. The number of benzene rings is 1. The zero-order valence-corrected chi connectivity index (χ0v) is 14.2. The first-order valence-corrected chi connectivity index (χ1v) is 7.73. The first-order chi connectivity index (χ1) is 9.31. The number of aliphatic carboxylic acids is 1. The minimum Gasteiger partial charge on any atom is -0.481 e. The van der Waals surface area contributed by atoms with Crippen LogP contribution in [0.25, 0.3) is 0 Å². The van der Waals surface area contributed by atoms with Gasteiger partial charge in [0.15, 0.2) is 0 Å². The van der Waals surface area contributed by atoms with Crippen LogP contribution in [0.1, 0.15) is 30.6 Å². The maximum atomic E-state index is 12.0. The molecule has 0 radical (unpaired) electrons. The molecule has 0 aliphatic heterocycles. The number of carbonyl (C=O) groups is 2. The van der Waals surface area contributed by atoms with Crippen LogP contribution in [0, 0.1) is 15.4 Å². The van der Waals surface area contributed by atoms with Gasteiger partial charge in [0.25, 0.3) is 5.91 Å². The van der Waals surface area contributed by atoms with E-state index < -0.39 is 11.9 Å². The molecule has 0 heterocycles. The molecule has 1 atom stereocenters. The van der Waals surface area contributed by atoms with Crippen LogP contribution in [0.3, 0.4) is 0 Å². The molecule has 4 nitrogen and oxygen atoms in total. The highest BCUT2D eigenvalue weighted by molar-refractivity contribution is 14.1. The first kappa shape index (κ1) is 17.2. The van der Waals surface area contributed by atoms with E-state index in [0.29, 0.717) is 17.0 Å². The van der Waals surface area contributed by atoms with Gasteiger partial charge in [0.2, 0.25) is 0 Å². The van der Waals surface area contributed by atoms with Gasteiger partial charge in [-0.15, -0.1) is 0 Å². The number of halogens is 2. The summed E-state index contributed by atoms with van der Waals surface area (Å²) in [6.45, 7) is 4.03. The number of hydrogen-bond acceptors (Lipinski definition) is 2. The van der Waals surface area contributed by atoms with E-state index in [1.54, 1.807) is 18.2 Å². The molecular formula is C14H17ClINO3. The Labute approximate surface area is 137 Å². The summed E-state index contributed by atoms with van der Waals surface area (Å²) in [7, 11) is 0. The molecule has 6 heteroatoms. The number of carbonyl (C=O) groups excluding carboxylic acids is 1. The monoisotopic (exact) mass is 409 g/mol. The predicted molar refractivity (Wildman–Crippen MR) is 87.1 cm³/mol. The second-order valence-corrected chi connectivity index (χ2v) is 6.57. The van der Waals surface area contributed by atoms with Crippen molar-refractivity contribution in [2.75, 3.05) is 6.54 Å². The van der Waals surface area contributed by atoms with E-state index in [-0.39, 0.29) is 18.4 Å². The smallest absolute Gasteiger partial charge is 0.308 e. The van der Waals surface area contributed by atoms with E-state index in [4.69, 9.17) is 16.7 Å². The van der Waals surface area contributed by atoms with Gasteiger partial charge in [-0.05, 0) is 53.1 Å². The summed E-state index contributed by atoms with van der Waals surface area (Å²) in [5, 5.41) is 12.3. The van der Waals surface area contributed by atoms with Gasteiger partial charge >= 0.3 is 5.97 Å². The van der Waals surface area contributed by atoms with Crippen molar-refractivity contribution in [1.29, 1.82) is 0 Å². The fourth-order valence-corrected chi connectivity index (χ4v) is 2.31. The highest BCUT2D eigenvalue weighted by Gasteiger charge is 2.20. The van der Waals surface area contributed by atoms with Crippen molar-refractivity contribution in [3.05, 3.63) is 32.4 Å². The third kappa shape index (κ3) is 5.28. The summed E-state index contributed by atoms with van der Waals surface area (Å²) in [6, 6.07) is 5.00. The third-order valence-electron chi connectivity index (χ3n) is 2.80. The molecule has 0 fully saturated rings. The molecule has 0 saturated heterocycles.